The Balaban J connectivity index is 1.64. The molecule has 4 nitrogen and oxygen atoms in total. The molecule has 0 spiro atoms. The third kappa shape index (κ3) is 2.83. The first-order valence-electron chi connectivity index (χ1n) is 6.62. The first-order chi connectivity index (χ1) is 8.72. The van der Waals surface area contributed by atoms with E-state index in [0.717, 1.165) is 35.8 Å². The van der Waals surface area contributed by atoms with Gasteiger partial charge in [-0.3, -0.25) is 0 Å². The predicted molar refractivity (Wildman–Crippen MR) is 73.7 cm³/mol. The summed E-state index contributed by atoms with van der Waals surface area (Å²) >= 11 is 3.46. The zero-order valence-electron chi connectivity index (χ0n) is 10.5. The summed E-state index contributed by atoms with van der Waals surface area (Å²) in [4.78, 5) is 9.02. The lowest BCUT2D eigenvalue weighted by molar-refractivity contribution is 0.108. The minimum absolute atomic E-state index is 0.352. The van der Waals surface area contributed by atoms with Gasteiger partial charge in [-0.2, -0.15) is 0 Å². The summed E-state index contributed by atoms with van der Waals surface area (Å²) in [6, 6.07) is 1.95. The number of rotatable bonds is 4. The third-order valence-electron chi connectivity index (χ3n) is 3.73. The fraction of sp³-hybridized carbons (Fsp3) is 0.692. The highest BCUT2D eigenvalue weighted by Gasteiger charge is 2.28. The van der Waals surface area contributed by atoms with Crippen molar-refractivity contribution in [1.29, 1.82) is 0 Å². The molecule has 1 aromatic rings. The fourth-order valence-corrected chi connectivity index (χ4v) is 2.73. The molecule has 1 aliphatic carbocycles. The van der Waals surface area contributed by atoms with E-state index in [1.54, 1.807) is 0 Å². The van der Waals surface area contributed by atoms with E-state index in [1.165, 1.54) is 12.8 Å². The van der Waals surface area contributed by atoms with Crippen LogP contribution in [0.15, 0.2) is 10.7 Å². The van der Waals surface area contributed by atoms with Crippen molar-refractivity contribution in [2.75, 3.05) is 18.5 Å². The van der Waals surface area contributed by atoms with Gasteiger partial charge in [-0.05, 0) is 42.1 Å². The molecule has 18 heavy (non-hydrogen) atoms. The van der Waals surface area contributed by atoms with Crippen LogP contribution in [0.5, 0.6) is 0 Å². The Kier molecular flexibility index (Phi) is 3.52. The molecule has 2 fully saturated rings. The van der Waals surface area contributed by atoms with Gasteiger partial charge in [0.05, 0.1) is 6.10 Å². The Hall–Kier alpha value is -0.680. The van der Waals surface area contributed by atoms with Crippen LogP contribution >= 0.6 is 15.9 Å². The van der Waals surface area contributed by atoms with Crippen LogP contribution in [0.25, 0.3) is 0 Å². The van der Waals surface area contributed by atoms with Crippen molar-refractivity contribution in [3.8, 4) is 0 Å². The molecule has 5 heteroatoms. The summed E-state index contributed by atoms with van der Waals surface area (Å²) in [5, 5.41) is 3.42. The molecule has 1 saturated heterocycles. The molecule has 0 amide bonds. The SMILES string of the molecule is CC1OCCC1CNc1cc(Br)nc(C2CC2)n1. The Labute approximate surface area is 116 Å². The summed E-state index contributed by atoms with van der Waals surface area (Å²) < 4.78 is 6.44. The number of nitrogens with one attached hydrogen (secondary N) is 1. The molecule has 0 radical (unpaired) electrons. The second-order valence-corrected chi connectivity index (χ2v) is 6.03. The standard InChI is InChI=1S/C13H18BrN3O/c1-8-10(4-5-18-8)7-15-12-6-11(14)16-13(17-12)9-2-3-9/h6,8-10H,2-5,7H2,1H3,(H,15,16,17). The largest absolute Gasteiger partial charge is 0.378 e. The van der Waals surface area contributed by atoms with Gasteiger partial charge in [0.2, 0.25) is 0 Å². The van der Waals surface area contributed by atoms with E-state index in [9.17, 15) is 0 Å². The van der Waals surface area contributed by atoms with Crippen LogP contribution in [0.2, 0.25) is 0 Å². The zero-order chi connectivity index (χ0) is 12.5. The Morgan fingerprint density at radius 1 is 1.39 bits per heavy atom. The molecular formula is C13H18BrN3O. The summed E-state index contributed by atoms with van der Waals surface area (Å²) in [6.07, 6.45) is 3.94. The molecule has 2 aliphatic rings. The topological polar surface area (TPSA) is 47.0 Å². The van der Waals surface area contributed by atoms with E-state index in [-0.39, 0.29) is 0 Å². The molecule has 1 saturated carbocycles. The Bertz CT molecular complexity index is 436. The van der Waals surface area contributed by atoms with E-state index < -0.39 is 0 Å². The van der Waals surface area contributed by atoms with E-state index in [4.69, 9.17) is 4.74 Å². The van der Waals surface area contributed by atoms with Crippen LogP contribution in [0, 0.1) is 5.92 Å². The molecular weight excluding hydrogens is 294 g/mol. The van der Waals surface area contributed by atoms with Crippen molar-refractivity contribution in [3.63, 3.8) is 0 Å². The molecule has 0 bridgehead atoms. The molecule has 1 aromatic heterocycles. The second-order valence-electron chi connectivity index (χ2n) is 5.21. The van der Waals surface area contributed by atoms with Crippen molar-refractivity contribution >= 4 is 21.7 Å². The van der Waals surface area contributed by atoms with Gasteiger partial charge in [0.15, 0.2) is 0 Å². The maximum atomic E-state index is 5.57. The average Bonchev–Trinajstić information content (AvgIpc) is 3.11. The lowest BCUT2D eigenvalue weighted by Gasteiger charge is -2.15. The first-order valence-corrected chi connectivity index (χ1v) is 7.41. The monoisotopic (exact) mass is 311 g/mol. The van der Waals surface area contributed by atoms with Gasteiger partial charge >= 0.3 is 0 Å². The quantitative estimate of drug-likeness (QED) is 0.868. The number of aromatic nitrogens is 2. The van der Waals surface area contributed by atoms with Crippen molar-refractivity contribution in [3.05, 3.63) is 16.5 Å². The highest BCUT2D eigenvalue weighted by atomic mass is 79.9. The highest BCUT2D eigenvalue weighted by molar-refractivity contribution is 9.10. The number of halogens is 1. The predicted octanol–water partition coefficient (Wildman–Crippen LogP) is 2.95. The molecule has 1 N–H and O–H groups in total. The van der Waals surface area contributed by atoms with Crippen LogP contribution in [-0.2, 0) is 4.74 Å². The van der Waals surface area contributed by atoms with Gasteiger partial charge in [-0.25, -0.2) is 9.97 Å². The minimum Gasteiger partial charge on any atom is -0.378 e. The molecule has 2 heterocycles. The Morgan fingerprint density at radius 3 is 2.89 bits per heavy atom. The summed E-state index contributed by atoms with van der Waals surface area (Å²) in [6.45, 7) is 3.95. The number of nitrogens with zero attached hydrogens (tertiary/aromatic N) is 2. The molecule has 1 aliphatic heterocycles. The van der Waals surface area contributed by atoms with Gasteiger partial charge < -0.3 is 10.1 Å². The minimum atomic E-state index is 0.352. The lowest BCUT2D eigenvalue weighted by atomic mass is 10.0. The highest BCUT2D eigenvalue weighted by Crippen LogP contribution is 2.38. The van der Waals surface area contributed by atoms with E-state index in [0.29, 0.717) is 17.9 Å². The summed E-state index contributed by atoms with van der Waals surface area (Å²) in [7, 11) is 0. The summed E-state index contributed by atoms with van der Waals surface area (Å²) in [5.41, 5.74) is 0. The van der Waals surface area contributed by atoms with E-state index in [1.807, 2.05) is 6.07 Å². The number of hydrogen-bond acceptors (Lipinski definition) is 4. The molecule has 0 aromatic carbocycles. The van der Waals surface area contributed by atoms with Crippen LogP contribution in [0.3, 0.4) is 0 Å². The normalized spacial score (nSPS) is 27.4. The van der Waals surface area contributed by atoms with Crippen LogP contribution in [-0.4, -0.2) is 29.2 Å². The molecule has 3 rings (SSSR count). The Morgan fingerprint density at radius 2 is 2.22 bits per heavy atom. The maximum Gasteiger partial charge on any atom is 0.135 e. The molecule has 2 unspecified atom stereocenters. The van der Waals surface area contributed by atoms with Crippen LogP contribution in [0.1, 0.15) is 37.9 Å². The number of hydrogen-bond donors (Lipinski definition) is 1. The number of ether oxygens (including phenoxy) is 1. The molecule has 2 atom stereocenters. The van der Waals surface area contributed by atoms with Gasteiger partial charge in [-0.1, -0.05) is 0 Å². The third-order valence-corrected chi connectivity index (χ3v) is 4.14. The zero-order valence-corrected chi connectivity index (χ0v) is 12.1. The van der Waals surface area contributed by atoms with Gasteiger partial charge in [-0.15, -0.1) is 0 Å². The van der Waals surface area contributed by atoms with Crippen LogP contribution < -0.4 is 5.32 Å². The van der Waals surface area contributed by atoms with Gasteiger partial charge in [0, 0.05) is 31.1 Å². The average molecular weight is 312 g/mol. The molecule has 98 valence electrons. The van der Waals surface area contributed by atoms with Gasteiger partial charge in [0.25, 0.3) is 0 Å². The van der Waals surface area contributed by atoms with E-state index in [2.05, 4.69) is 38.1 Å². The van der Waals surface area contributed by atoms with Crippen molar-refractivity contribution < 1.29 is 4.74 Å². The van der Waals surface area contributed by atoms with E-state index >= 15 is 0 Å². The van der Waals surface area contributed by atoms with Crippen molar-refractivity contribution in [2.24, 2.45) is 5.92 Å². The second kappa shape index (κ2) is 5.13. The smallest absolute Gasteiger partial charge is 0.135 e. The lowest BCUT2D eigenvalue weighted by Crippen LogP contribution is -2.21. The summed E-state index contributed by atoms with van der Waals surface area (Å²) in [5.74, 6) is 3.07. The first kappa shape index (κ1) is 12.4. The van der Waals surface area contributed by atoms with Crippen LogP contribution in [0.4, 0.5) is 5.82 Å². The maximum absolute atomic E-state index is 5.57. The fourth-order valence-electron chi connectivity index (χ4n) is 2.33. The number of anilines is 1. The van der Waals surface area contributed by atoms with Gasteiger partial charge in [0.1, 0.15) is 16.2 Å². The van der Waals surface area contributed by atoms with Crippen molar-refractivity contribution in [2.45, 2.75) is 38.2 Å². The van der Waals surface area contributed by atoms with Crippen molar-refractivity contribution in [1.82, 2.24) is 9.97 Å².